The zero-order valence-corrected chi connectivity index (χ0v) is 16.4. The summed E-state index contributed by atoms with van der Waals surface area (Å²) < 4.78 is 10.6. The highest BCUT2D eigenvalue weighted by Gasteiger charge is 2.28. The summed E-state index contributed by atoms with van der Waals surface area (Å²) >= 11 is 0. The highest BCUT2D eigenvalue weighted by Crippen LogP contribution is 2.30. The number of rotatable bonds is 6. The lowest BCUT2D eigenvalue weighted by atomic mass is 9.94. The van der Waals surface area contributed by atoms with E-state index in [1.165, 1.54) is 0 Å². The third kappa shape index (κ3) is 4.68. The van der Waals surface area contributed by atoms with Gasteiger partial charge in [0.1, 0.15) is 0 Å². The molecule has 0 aromatic heterocycles. The fraction of sp³-hybridized carbons (Fsp3) is 0.600. The Bertz CT molecular complexity index is 637. The van der Waals surface area contributed by atoms with Crippen LogP contribution in [0.5, 0.6) is 11.5 Å². The first kappa shape index (κ1) is 20.1. The summed E-state index contributed by atoms with van der Waals surface area (Å²) in [4.78, 5) is 26.5. The van der Waals surface area contributed by atoms with Crippen LogP contribution >= 0.6 is 0 Å². The molecule has 1 aromatic rings. The van der Waals surface area contributed by atoms with Crippen LogP contribution in [0.3, 0.4) is 0 Å². The number of amides is 2. The second-order valence-electron chi connectivity index (χ2n) is 7.10. The maximum Gasteiger partial charge on any atom is 0.225 e. The summed E-state index contributed by atoms with van der Waals surface area (Å²) in [5.41, 5.74) is 0.962. The Kier molecular flexibility index (Phi) is 6.89. The van der Waals surface area contributed by atoms with Crippen molar-refractivity contribution in [2.24, 2.45) is 11.8 Å². The lowest BCUT2D eigenvalue weighted by Gasteiger charge is -2.33. The molecule has 6 heteroatoms. The lowest BCUT2D eigenvalue weighted by Crippen LogP contribution is -2.44. The van der Waals surface area contributed by atoms with E-state index < -0.39 is 0 Å². The molecule has 0 radical (unpaired) electrons. The molecule has 0 aliphatic carbocycles. The van der Waals surface area contributed by atoms with E-state index in [9.17, 15) is 9.59 Å². The number of nitrogens with zero attached hydrogens (tertiary/aromatic N) is 1. The monoisotopic (exact) mass is 362 g/mol. The predicted molar refractivity (Wildman–Crippen MR) is 100 cm³/mol. The molecule has 2 amide bonds. The van der Waals surface area contributed by atoms with Crippen molar-refractivity contribution in [1.82, 2.24) is 10.2 Å². The van der Waals surface area contributed by atoms with Crippen LogP contribution in [0.1, 0.15) is 45.2 Å². The summed E-state index contributed by atoms with van der Waals surface area (Å²) in [6.07, 6.45) is 1.42. The van der Waals surface area contributed by atoms with Gasteiger partial charge in [0.2, 0.25) is 11.8 Å². The molecule has 144 valence electrons. The zero-order chi connectivity index (χ0) is 19.3. The summed E-state index contributed by atoms with van der Waals surface area (Å²) in [5.74, 6) is 1.48. The van der Waals surface area contributed by atoms with E-state index in [0.717, 1.165) is 5.56 Å². The van der Waals surface area contributed by atoms with Gasteiger partial charge >= 0.3 is 0 Å². The molecule has 26 heavy (non-hydrogen) atoms. The Labute approximate surface area is 155 Å². The molecule has 1 fully saturated rings. The molecule has 1 saturated heterocycles. The Morgan fingerprint density at radius 2 is 1.69 bits per heavy atom. The quantitative estimate of drug-likeness (QED) is 0.845. The van der Waals surface area contributed by atoms with Gasteiger partial charge in [-0.3, -0.25) is 9.59 Å². The molecule has 1 atom stereocenters. The first-order valence-corrected chi connectivity index (χ1v) is 9.18. The van der Waals surface area contributed by atoms with E-state index >= 15 is 0 Å². The molecule has 1 unspecified atom stereocenters. The third-order valence-corrected chi connectivity index (χ3v) is 4.94. The van der Waals surface area contributed by atoms with Crippen LogP contribution < -0.4 is 14.8 Å². The lowest BCUT2D eigenvalue weighted by molar-refractivity contribution is -0.138. The van der Waals surface area contributed by atoms with E-state index in [0.29, 0.717) is 37.4 Å². The van der Waals surface area contributed by atoms with Crippen LogP contribution in [0.2, 0.25) is 0 Å². The molecule has 1 N–H and O–H groups in total. The van der Waals surface area contributed by atoms with Crippen LogP contribution in [-0.4, -0.2) is 44.0 Å². The normalized spacial score (nSPS) is 16.3. The van der Waals surface area contributed by atoms with E-state index in [1.54, 1.807) is 14.2 Å². The molecule has 0 spiro atoms. The van der Waals surface area contributed by atoms with Crippen molar-refractivity contribution in [3.63, 3.8) is 0 Å². The molecule has 2 rings (SSSR count). The van der Waals surface area contributed by atoms with Gasteiger partial charge in [-0.2, -0.15) is 0 Å². The van der Waals surface area contributed by atoms with E-state index in [-0.39, 0.29) is 29.7 Å². The number of hydrogen-bond donors (Lipinski definition) is 1. The highest BCUT2D eigenvalue weighted by molar-refractivity contribution is 5.81. The molecule has 1 aliphatic heterocycles. The van der Waals surface area contributed by atoms with Gasteiger partial charge in [-0.25, -0.2) is 0 Å². The number of likely N-dealkylation sites (tertiary alicyclic amines) is 1. The minimum Gasteiger partial charge on any atom is -0.493 e. The van der Waals surface area contributed by atoms with Gasteiger partial charge in [0.15, 0.2) is 11.5 Å². The first-order chi connectivity index (χ1) is 12.4. The van der Waals surface area contributed by atoms with Gasteiger partial charge < -0.3 is 19.7 Å². The Morgan fingerprint density at radius 1 is 1.08 bits per heavy atom. The zero-order valence-electron chi connectivity index (χ0n) is 16.4. The van der Waals surface area contributed by atoms with Crippen molar-refractivity contribution in [3.8, 4) is 11.5 Å². The summed E-state index contributed by atoms with van der Waals surface area (Å²) in [7, 11) is 3.19. The summed E-state index contributed by atoms with van der Waals surface area (Å²) in [5, 5.41) is 3.08. The molecule has 6 nitrogen and oxygen atoms in total. The van der Waals surface area contributed by atoms with Gasteiger partial charge in [0, 0.05) is 24.9 Å². The molecule has 0 bridgehead atoms. The minimum atomic E-state index is -0.127. The fourth-order valence-corrected chi connectivity index (χ4v) is 3.26. The maximum absolute atomic E-state index is 12.6. The third-order valence-electron chi connectivity index (χ3n) is 4.94. The SMILES string of the molecule is COc1ccc(C(C)NC(=O)C2CCN(C(=O)C(C)C)CC2)cc1OC. The number of hydrogen-bond acceptors (Lipinski definition) is 4. The summed E-state index contributed by atoms with van der Waals surface area (Å²) in [6, 6.07) is 5.52. The number of carbonyl (C=O) groups excluding carboxylic acids is 2. The highest BCUT2D eigenvalue weighted by atomic mass is 16.5. The average Bonchev–Trinajstić information content (AvgIpc) is 2.66. The number of carbonyl (C=O) groups is 2. The Morgan fingerprint density at radius 3 is 2.23 bits per heavy atom. The van der Waals surface area contributed by atoms with Crippen LogP contribution in [0.15, 0.2) is 18.2 Å². The molecule has 1 aliphatic rings. The van der Waals surface area contributed by atoms with Crippen LogP contribution in [0, 0.1) is 11.8 Å². The molecular formula is C20H30N2O4. The number of nitrogens with one attached hydrogen (secondary N) is 1. The number of piperidine rings is 1. The van der Waals surface area contributed by atoms with Crippen molar-refractivity contribution < 1.29 is 19.1 Å². The second-order valence-corrected chi connectivity index (χ2v) is 7.10. The molecule has 0 saturated carbocycles. The Hall–Kier alpha value is -2.24. The number of benzene rings is 1. The topological polar surface area (TPSA) is 67.9 Å². The van der Waals surface area contributed by atoms with Gasteiger partial charge in [0.25, 0.3) is 0 Å². The molecular weight excluding hydrogens is 332 g/mol. The fourth-order valence-electron chi connectivity index (χ4n) is 3.26. The number of ether oxygens (including phenoxy) is 2. The average molecular weight is 362 g/mol. The van der Waals surface area contributed by atoms with Crippen molar-refractivity contribution >= 4 is 11.8 Å². The van der Waals surface area contributed by atoms with Crippen LogP contribution in [0.4, 0.5) is 0 Å². The van der Waals surface area contributed by atoms with E-state index in [1.807, 2.05) is 43.9 Å². The minimum absolute atomic E-state index is 0.00505. The van der Waals surface area contributed by atoms with E-state index in [2.05, 4.69) is 5.32 Å². The van der Waals surface area contributed by atoms with Crippen molar-refractivity contribution in [2.75, 3.05) is 27.3 Å². The van der Waals surface area contributed by atoms with Crippen molar-refractivity contribution in [3.05, 3.63) is 23.8 Å². The van der Waals surface area contributed by atoms with Gasteiger partial charge in [-0.05, 0) is 37.5 Å². The Balaban J connectivity index is 1.93. The largest absolute Gasteiger partial charge is 0.493 e. The van der Waals surface area contributed by atoms with Crippen LogP contribution in [0.25, 0.3) is 0 Å². The van der Waals surface area contributed by atoms with Crippen molar-refractivity contribution in [1.29, 1.82) is 0 Å². The second kappa shape index (κ2) is 8.92. The molecule has 1 aromatic carbocycles. The van der Waals surface area contributed by atoms with Gasteiger partial charge in [-0.1, -0.05) is 19.9 Å². The predicted octanol–water partition coefficient (Wildman–Crippen LogP) is 2.78. The van der Waals surface area contributed by atoms with Gasteiger partial charge in [0.05, 0.1) is 20.3 Å². The van der Waals surface area contributed by atoms with Crippen LogP contribution in [-0.2, 0) is 9.59 Å². The smallest absolute Gasteiger partial charge is 0.225 e. The van der Waals surface area contributed by atoms with Gasteiger partial charge in [-0.15, -0.1) is 0 Å². The van der Waals surface area contributed by atoms with E-state index in [4.69, 9.17) is 9.47 Å². The first-order valence-electron chi connectivity index (χ1n) is 9.18. The number of methoxy groups -OCH3 is 2. The molecule has 1 heterocycles. The maximum atomic E-state index is 12.6. The summed E-state index contributed by atoms with van der Waals surface area (Å²) in [6.45, 7) is 7.08. The van der Waals surface area contributed by atoms with Crippen molar-refractivity contribution in [2.45, 2.75) is 39.7 Å². The standard InChI is InChI=1S/C20H30N2O4/c1-13(2)20(24)22-10-8-15(9-11-22)19(23)21-14(3)16-6-7-17(25-4)18(12-16)26-5/h6-7,12-15H,8-11H2,1-5H3,(H,21,23).